The molecular weight excluding hydrogens is 927 g/mol. The molecule has 0 heterocycles. The summed E-state index contributed by atoms with van der Waals surface area (Å²) in [5.74, 6) is -3.03. The van der Waals surface area contributed by atoms with Crippen molar-refractivity contribution in [1.29, 1.82) is 0 Å². The molecule has 67 heavy (non-hydrogen) atoms. The molecule has 2 aromatic rings. The smallest absolute Gasteiger partial charge is 0.413 e. The lowest BCUT2D eigenvalue weighted by Crippen LogP contribution is -2.54. The Kier molecular flexibility index (Phi) is 26.8. The van der Waals surface area contributed by atoms with Gasteiger partial charge in [-0.2, -0.15) is 0 Å². The van der Waals surface area contributed by atoms with Crippen molar-refractivity contribution in [3.05, 3.63) is 69.7 Å². The normalized spacial score (nSPS) is 19.4. The third-order valence-electron chi connectivity index (χ3n) is 11.7. The zero-order valence-electron chi connectivity index (χ0n) is 39.1. The van der Waals surface area contributed by atoms with E-state index in [1.165, 1.54) is 37.6 Å². The van der Waals surface area contributed by atoms with Crippen LogP contribution in [0.1, 0.15) is 146 Å². The number of aliphatic carboxylic acids is 1. The Morgan fingerprint density at radius 2 is 1.00 bits per heavy atom. The van der Waals surface area contributed by atoms with Crippen LogP contribution in [0, 0.1) is 23.7 Å². The van der Waals surface area contributed by atoms with Gasteiger partial charge in [0.2, 0.25) is 6.29 Å². The van der Waals surface area contributed by atoms with Crippen molar-refractivity contribution in [2.24, 2.45) is 23.7 Å². The predicted molar refractivity (Wildman–Crippen MR) is 261 cm³/mol. The van der Waals surface area contributed by atoms with Gasteiger partial charge >= 0.3 is 24.1 Å². The third-order valence-corrected chi connectivity index (χ3v) is 12.4. The minimum absolute atomic E-state index is 0. The van der Waals surface area contributed by atoms with E-state index in [0.717, 1.165) is 25.7 Å². The number of esters is 1. The molecule has 0 radical (unpaired) electrons. The summed E-state index contributed by atoms with van der Waals surface area (Å²) in [6, 6.07) is 14.1. The van der Waals surface area contributed by atoms with Gasteiger partial charge in [0, 0.05) is 67.9 Å². The fourth-order valence-corrected chi connectivity index (χ4v) is 8.76. The summed E-state index contributed by atoms with van der Waals surface area (Å²) >= 11 is 18.5. The molecule has 2 fully saturated rings. The molecule has 0 saturated heterocycles. The van der Waals surface area contributed by atoms with Crippen LogP contribution in [0.25, 0.3) is 0 Å². The highest BCUT2D eigenvalue weighted by atomic mass is 35.5. The Hall–Kier alpha value is -4.53. The van der Waals surface area contributed by atoms with Crippen LogP contribution in [0.3, 0.4) is 0 Å². The van der Waals surface area contributed by atoms with Crippen LogP contribution in [0.5, 0.6) is 0 Å². The van der Waals surface area contributed by atoms with Gasteiger partial charge < -0.3 is 28.9 Å². The number of benzene rings is 2. The van der Waals surface area contributed by atoms with Crippen molar-refractivity contribution >= 4 is 82.1 Å². The van der Waals surface area contributed by atoms with Gasteiger partial charge in [0.15, 0.2) is 17.1 Å². The van der Waals surface area contributed by atoms with Crippen LogP contribution in [-0.4, -0.2) is 88.1 Å². The van der Waals surface area contributed by atoms with Crippen molar-refractivity contribution in [3.8, 4) is 0 Å². The van der Waals surface area contributed by atoms with Gasteiger partial charge in [0.1, 0.15) is 22.6 Å². The lowest BCUT2D eigenvalue weighted by atomic mass is 9.74. The summed E-state index contributed by atoms with van der Waals surface area (Å²) < 4.78 is 15.7. The molecule has 2 amide bonds. The fraction of sp³-hybridized carbons (Fsp3) is 0.600. The molecule has 0 bridgehead atoms. The van der Waals surface area contributed by atoms with Crippen LogP contribution < -0.4 is 0 Å². The Morgan fingerprint density at radius 1 is 0.627 bits per heavy atom. The zero-order valence-corrected chi connectivity index (χ0v) is 41.4. The van der Waals surface area contributed by atoms with Gasteiger partial charge in [-0.1, -0.05) is 114 Å². The largest absolute Gasteiger partial charge is 0.481 e. The summed E-state index contributed by atoms with van der Waals surface area (Å²) in [6.45, 7) is 13.1. The average molecular weight is 1000 g/mol. The van der Waals surface area contributed by atoms with Crippen molar-refractivity contribution in [2.45, 2.75) is 157 Å². The highest BCUT2D eigenvalue weighted by Crippen LogP contribution is 2.44. The molecule has 1 N–H and O–H groups in total. The van der Waals surface area contributed by atoms with E-state index in [4.69, 9.17) is 54.1 Å². The van der Waals surface area contributed by atoms with Crippen LogP contribution in [0.15, 0.2) is 48.5 Å². The Labute approximate surface area is 412 Å². The van der Waals surface area contributed by atoms with E-state index in [1.807, 2.05) is 33.8 Å². The first-order chi connectivity index (χ1) is 30.3. The number of carbonyl (C=O) groups is 8. The third kappa shape index (κ3) is 16.9. The SMILES string of the molecule is C.C.CC(=O)C[C@H](C(=O)O)C(C)C.CC(=O)C[C@H](C(=O)OC(C)OC(=O)N(C)[C@]1(c2ccccc2Cl)CCCCC1=O)C(C)C.CC(Cl)OC(=O)N(C)[C@]1(c2ccccc2Cl)CCCCC1=O. The van der Waals surface area contributed by atoms with Gasteiger partial charge in [-0.05, 0) is 83.3 Å². The highest BCUT2D eigenvalue weighted by Gasteiger charge is 2.50. The van der Waals surface area contributed by atoms with Gasteiger partial charge in [-0.25, -0.2) is 9.59 Å². The number of carbonyl (C=O) groups excluding carboxylic acids is 7. The van der Waals surface area contributed by atoms with E-state index in [9.17, 15) is 38.4 Å². The van der Waals surface area contributed by atoms with Crippen molar-refractivity contribution in [3.63, 3.8) is 0 Å². The molecule has 4 rings (SSSR count). The summed E-state index contributed by atoms with van der Waals surface area (Å²) in [5, 5.41) is 9.50. The van der Waals surface area contributed by atoms with Gasteiger partial charge in [-0.3, -0.25) is 29.0 Å². The molecule has 17 heteroatoms. The molecule has 2 aliphatic carbocycles. The van der Waals surface area contributed by atoms with Crippen LogP contribution in [-0.2, 0) is 54.1 Å². The Morgan fingerprint density at radius 3 is 1.31 bits per heavy atom. The minimum atomic E-state index is -1.24. The fourth-order valence-electron chi connectivity index (χ4n) is 8.10. The molecule has 0 aromatic heterocycles. The maximum absolute atomic E-state index is 13.1. The molecule has 0 aliphatic heterocycles. The number of rotatable bonds is 15. The summed E-state index contributed by atoms with van der Waals surface area (Å²) in [5.41, 5.74) is -1.90. The quantitative estimate of drug-likeness (QED) is 0.101. The number of ketones is 4. The first-order valence-electron chi connectivity index (χ1n) is 21.9. The van der Waals surface area contributed by atoms with Crippen molar-refractivity contribution in [1.82, 2.24) is 9.80 Å². The van der Waals surface area contributed by atoms with Gasteiger partial charge in [-0.15, -0.1) is 0 Å². The number of Topliss-reactive ketones (excluding diaryl/α,β-unsaturated/α-hetero) is 4. The number of hydrogen-bond donors (Lipinski definition) is 1. The van der Waals surface area contributed by atoms with Gasteiger partial charge in [0.05, 0.1) is 11.8 Å². The molecule has 2 aromatic carbocycles. The lowest BCUT2D eigenvalue weighted by molar-refractivity contribution is -0.174. The maximum atomic E-state index is 13.1. The topological polar surface area (TPSA) is 191 Å². The second-order valence-corrected chi connectivity index (χ2v) is 18.7. The predicted octanol–water partition coefficient (Wildman–Crippen LogP) is 11.8. The molecule has 2 aliphatic rings. The number of ether oxygens (including phenoxy) is 3. The molecule has 2 unspecified atom stereocenters. The lowest BCUT2D eigenvalue weighted by Gasteiger charge is -2.43. The van der Waals surface area contributed by atoms with Crippen LogP contribution in [0.2, 0.25) is 10.0 Å². The minimum Gasteiger partial charge on any atom is -0.481 e. The van der Waals surface area contributed by atoms with E-state index in [0.29, 0.717) is 46.9 Å². The monoisotopic (exact) mass is 998 g/mol. The second-order valence-electron chi connectivity index (χ2n) is 17.2. The van der Waals surface area contributed by atoms with E-state index in [2.05, 4.69) is 0 Å². The number of alkyl halides is 1. The molecule has 376 valence electrons. The van der Waals surface area contributed by atoms with Gasteiger partial charge in [0.25, 0.3) is 0 Å². The number of hydrogen-bond acceptors (Lipinski definition) is 11. The number of amides is 2. The number of carboxylic acid groups (broad SMARTS) is 1. The summed E-state index contributed by atoms with van der Waals surface area (Å²) in [6.07, 6.45) is 2.43. The Bertz CT molecular complexity index is 2010. The molecular formula is C50H73Cl3N2O12. The number of nitrogens with zero attached hydrogens (tertiary/aromatic N) is 2. The first kappa shape index (κ1) is 62.5. The number of halogens is 3. The molecule has 6 atom stereocenters. The number of carboxylic acids is 1. The highest BCUT2D eigenvalue weighted by molar-refractivity contribution is 6.32. The van der Waals surface area contributed by atoms with Crippen LogP contribution in [0.4, 0.5) is 9.59 Å². The van der Waals surface area contributed by atoms with E-state index >= 15 is 0 Å². The maximum Gasteiger partial charge on any atom is 0.413 e. The van der Waals surface area contributed by atoms with Crippen LogP contribution >= 0.6 is 34.8 Å². The first-order valence-corrected chi connectivity index (χ1v) is 23.1. The number of likely N-dealkylation sites (N-methyl/N-ethyl adjacent to an activating group) is 2. The summed E-state index contributed by atoms with van der Waals surface area (Å²) in [7, 11) is 3.06. The van der Waals surface area contributed by atoms with Crippen molar-refractivity contribution < 1.29 is 57.7 Å². The average Bonchev–Trinajstić information content (AvgIpc) is 3.22. The summed E-state index contributed by atoms with van der Waals surface area (Å²) in [4.78, 5) is 98.9. The standard InChI is InChI=1S/C24H32ClNO6.C16H19Cl2NO3.C8H14O3.2CH4/c1-15(2)18(14-16(3)27)22(29)31-17(4)32-23(30)26(5)24(13-9-8-12-21(24)28)19-10-6-7-11-20(19)25;1-11(17)22-15(21)19(2)16(10-6-5-9-14(16)20)12-7-3-4-8-13(12)18;1-5(2)7(8(10)11)4-6(3)9;;/h6-7,10-11,15,17-18H,8-9,12-14H2,1-5H3;3-4,7-8,11H,5-6,9-10H2,1-2H3;5,7H,4H2,1-3H3,(H,10,11);2*1H4/t17?,18-,24-;11?,16-;7-;;/m000../s1. The van der Waals surface area contributed by atoms with E-state index in [-0.39, 0.29) is 62.7 Å². The Balaban J connectivity index is 0.00000108. The zero-order chi connectivity index (χ0) is 49.4. The molecule has 2 saturated carbocycles. The molecule has 14 nitrogen and oxygen atoms in total. The van der Waals surface area contributed by atoms with Crippen molar-refractivity contribution in [2.75, 3.05) is 14.1 Å². The second kappa shape index (κ2) is 28.7. The van der Waals surface area contributed by atoms with E-state index in [1.54, 1.807) is 56.4 Å². The molecule has 0 spiro atoms. The van der Waals surface area contributed by atoms with E-state index < -0.39 is 58.9 Å².